The van der Waals surface area contributed by atoms with Gasteiger partial charge in [-0.2, -0.15) is 0 Å². The zero-order valence-corrected chi connectivity index (χ0v) is 23.3. The molecule has 1 aromatic heterocycles. The van der Waals surface area contributed by atoms with Crippen LogP contribution in [-0.2, 0) is 4.79 Å². The van der Waals surface area contributed by atoms with Crippen molar-refractivity contribution in [1.29, 1.82) is 0 Å². The maximum atomic E-state index is 13.4. The lowest BCUT2D eigenvalue weighted by Gasteiger charge is -2.38. The van der Waals surface area contributed by atoms with E-state index in [4.69, 9.17) is 13.9 Å². The van der Waals surface area contributed by atoms with Crippen LogP contribution in [0.5, 0.6) is 23.0 Å². The van der Waals surface area contributed by atoms with Gasteiger partial charge in [0.2, 0.25) is 17.1 Å². The molecule has 40 heavy (non-hydrogen) atoms. The second-order valence-corrected chi connectivity index (χ2v) is 10.1. The van der Waals surface area contributed by atoms with Crippen molar-refractivity contribution < 1.29 is 28.9 Å². The van der Waals surface area contributed by atoms with Gasteiger partial charge in [0, 0.05) is 45.2 Å². The molecule has 10 heteroatoms. The maximum absolute atomic E-state index is 13.4. The smallest absolute Gasteiger partial charge is 0.227 e. The molecule has 1 fully saturated rings. The second-order valence-electron chi connectivity index (χ2n) is 10.1. The molecule has 0 unspecified atom stereocenters. The van der Waals surface area contributed by atoms with Gasteiger partial charge in [-0.1, -0.05) is 18.2 Å². The summed E-state index contributed by atoms with van der Waals surface area (Å²) in [7, 11) is 5.14. The van der Waals surface area contributed by atoms with Crippen LogP contribution in [0.4, 0.5) is 0 Å². The molecule has 0 aliphatic carbocycles. The van der Waals surface area contributed by atoms with Gasteiger partial charge in [-0.3, -0.25) is 14.5 Å². The number of aryl methyl sites for hydroxylation is 1. The molecular weight excluding hydrogens is 514 g/mol. The molecule has 3 N–H and O–H groups in total. The van der Waals surface area contributed by atoms with E-state index in [9.17, 15) is 19.8 Å². The Bertz CT molecular complexity index is 1360. The van der Waals surface area contributed by atoms with Gasteiger partial charge in [0.25, 0.3) is 0 Å². The van der Waals surface area contributed by atoms with Crippen molar-refractivity contribution in [2.24, 2.45) is 0 Å². The Kier molecular flexibility index (Phi) is 9.34. The number of carbonyl (C=O) groups excluding carboxylic acids is 1. The van der Waals surface area contributed by atoms with Crippen LogP contribution in [-0.4, -0.2) is 79.9 Å². The van der Waals surface area contributed by atoms with Crippen molar-refractivity contribution >= 4 is 5.91 Å². The Hall–Kier alpha value is -4.02. The summed E-state index contributed by atoms with van der Waals surface area (Å²) in [4.78, 5) is 30.4. The summed E-state index contributed by atoms with van der Waals surface area (Å²) in [6.07, 6.45) is -0.105. The number of rotatable bonds is 10. The third-order valence-corrected chi connectivity index (χ3v) is 7.36. The van der Waals surface area contributed by atoms with Gasteiger partial charge >= 0.3 is 0 Å². The Morgan fingerprint density at radius 1 is 1.00 bits per heavy atom. The number of benzene rings is 2. The van der Waals surface area contributed by atoms with Gasteiger partial charge in [-0.15, -0.1) is 0 Å². The number of ether oxygens (including phenoxy) is 2. The number of nitrogens with zero attached hydrogens (tertiary/aromatic N) is 2. The van der Waals surface area contributed by atoms with E-state index in [0.29, 0.717) is 17.9 Å². The number of hydrogen-bond donors (Lipinski definition) is 3. The third kappa shape index (κ3) is 6.75. The summed E-state index contributed by atoms with van der Waals surface area (Å²) in [5.41, 5.74) is 1.01. The number of likely N-dealkylation sites (N-methyl/N-ethyl adjacent to an activating group) is 1. The maximum Gasteiger partial charge on any atom is 0.227 e. The van der Waals surface area contributed by atoms with E-state index in [1.54, 1.807) is 26.2 Å². The van der Waals surface area contributed by atoms with Crippen molar-refractivity contribution in [3.05, 3.63) is 81.4 Å². The first-order valence-corrected chi connectivity index (χ1v) is 13.2. The summed E-state index contributed by atoms with van der Waals surface area (Å²) in [6.45, 7) is 5.55. The molecule has 0 saturated carbocycles. The molecule has 2 aromatic carbocycles. The normalized spacial score (nSPS) is 15.8. The lowest BCUT2D eigenvalue weighted by molar-refractivity contribution is -0.121. The SMILES string of the molecule is COc1ccc([C@@H](CNC(=O)C[C@@H](c2ccc(O)c(OC)c2)c2oc(C)cc(=O)c2O)N2CCN(C)CC2)cc1. The van der Waals surface area contributed by atoms with Crippen molar-refractivity contribution in [2.45, 2.75) is 25.3 Å². The quantitative estimate of drug-likeness (QED) is 0.349. The summed E-state index contributed by atoms with van der Waals surface area (Å²) >= 11 is 0. The molecule has 1 aliphatic heterocycles. The average molecular weight is 552 g/mol. The van der Waals surface area contributed by atoms with Gasteiger partial charge in [0.05, 0.1) is 26.2 Å². The molecule has 10 nitrogen and oxygen atoms in total. The van der Waals surface area contributed by atoms with Crippen LogP contribution in [0.3, 0.4) is 0 Å². The molecule has 0 bridgehead atoms. The molecule has 2 atom stereocenters. The fourth-order valence-electron chi connectivity index (χ4n) is 5.02. The van der Waals surface area contributed by atoms with Crippen molar-refractivity contribution in [3.8, 4) is 23.0 Å². The Morgan fingerprint density at radius 2 is 1.68 bits per heavy atom. The summed E-state index contributed by atoms with van der Waals surface area (Å²) in [5, 5.41) is 23.8. The molecular formula is C30H37N3O7. The Balaban J connectivity index is 1.59. The van der Waals surface area contributed by atoms with Gasteiger partial charge in [-0.25, -0.2) is 0 Å². The zero-order valence-electron chi connectivity index (χ0n) is 23.3. The number of phenolic OH excluding ortho intramolecular Hbond substituents is 1. The van der Waals surface area contributed by atoms with Crippen LogP contribution in [0.25, 0.3) is 0 Å². The predicted octanol–water partition coefficient (Wildman–Crippen LogP) is 3.00. The minimum absolute atomic E-state index is 0.0151. The summed E-state index contributed by atoms with van der Waals surface area (Å²) in [6, 6.07) is 13.6. The minimum Gasteiger partial charge on any atom is -0.504 e. The van der Waals surface area contributed by atoms with Gasteiger partial charge < -0.3 is 34.3 Å². The summed E-state index contributed by atoms with van der Waals surface area (Å²) in [5.74, 6) is -0.452. The van der Waals surface area contributed by atoms with Gasteiger partial charge in [-0.05, 0) is 49.4 Å². The lowest BCUT2D eigenvalue weighted by atomic mass is 9.91. The van der Waals surface area contributed by atoms with Crippen LogP contribution in [0.15, 0.2) is 57.7 Å². The molecule has 214 valence electrons. The molecule has 0 spiro atoms. The number of carbonyl (C=O) groups is 1. The molecule has 1 amide bonds. The highest BCUT2D eigenvalue weighted by Crippen LogP contribution is 2.37. The van der Waals surface area contributed by atoms with Crippen LogP contribution >= 0.6 is 0 Å². The fourth-order valence-corrected chi connectivity index (χ4v) is 5.02. The minimum atomic E-state index is -0.801. The molecule has 2 heterocycles. The largest absolute Gasteiger partial charge is 0.504 e. The van der Waals surface area contributed by atoms with Gasteiger partial charge in [0.15, 0.2) is 17.3 Å². The molecule has 1 saturated heterocycles. The van der Waals surface area contributed by atoms with E-state index in [1.165, 1.54) is 19.2 Å². The number of phenols is 1. The fraction of sp³-hybridized carbons (Fsp3) is 0.400. The predicted molar refractivity (Wildman–Crippen MR) is 150 cm³/mol. The number of methoxy groups -OCH3 is 2. The molecule has 3 aromatic rings. The van der Waals surface area contributed by atoms with E-state index in [0.717, 1.165) is 37.5 Å². The first-order valence-electron chi connectivity index (χ1n) is 13.2. The topological polar surface area (TPSA) is 125 Å². The van der Waals surface area contributed by atoms with Crippen LogP contribution in [0, 0.1) is 6.92 Å². The number of piperazine rings is 1. The first-order chi connectivity index (χ1) is 19.2. The molecule has 4 rings (SSSR count). The monoisotopic (exact) mass is 551 g/mol. The number of aromatic hydroxyl groups is 2. The van der Waals surface area contributed by atoms with Crippen LogP contribution < -0.4 is 20.2 Å². The standard InChI is InChI=1S/C30H37N3O7/c1-19-15-26(35)29(37)30(40-19)23(21-7-10-25(34)27(16-21)39-4)17-28(36)31-18-24(33-13-11-32(2)12-14-33)20-5-8-22(38-3)9-6-20/h5-10,15-16,23-24,34,37H,11-14,17-18H2,1-4H3,(H,31,36)/t23-,24+/m0/s1. The number of nitrogens with one attached hydrogen (secondary N) is 1. The number of hydrogen-bond acceptors (Lipinski definition) is 9. The second kappa shape index (κ2) is 12.9. The molecule has 1 aliphatic rings. The van der Waals surface area contributed by atoms with E-state index in [1.807, 2.05) is 24.3 Å². The zero-order chi connectivity index (χ0) is 28.8. The molecule has 0 radical (unpaired) electrons. The van der Waals surface area contributed by atoms with Crippen molar-refractivity contribution in [2.75, 3.05) is 54.0 Å². The van der Waals surface area contributed by atoms with Crippen LogP contribution in [0.1, 0.15) is 41.0 Å². The van der Waals surface area contributed by atoms with E-state index in [2.05, 4.69) is 22.2 Å². The average Bonchev–Trinajstić information content (AvgIpc) is 2.95. The van der Waals surface area contributed by atoms with Crippen LogP contribution in [0.2, 0.25) is 0 Å². The Labute approximate surface area is 233 Å². The van der Waals surface area contributed by atoms with Gasteiger partial charge in [0.1, 0.15) is 11.5 Å². The van der Waals surface area contributed by atoms with Crippen molar-refractivity contribution in [1.82, 2.24) is 15.1 Å². The third-order valence-electron chi connectivity index (χ3n) is 7.36. The lowest BCUT2D eigenvalue weighted by Crippen LogP contribution is -2.48. The highest BCUT2D eigenvalue weighted by molar-refractivity contribution is 5.77. The van der Waals surface area contributed by atoms with E-state index < -0.39 is 17.1 Å². The Morgan fingerprint density at radius 3 is 2.33 bits per heavy atom. The van der Waals surface area contributed by atoms with E-state index in [-0.39, 0.29) is 35.6 Å². The van der Waals surface area contributed by atoms with Crippen molar-refractivity contribution in [3.63, 3.8) is 0 Å². The van der Waals surface area contributed by atoms with E-state index >= 15 is 0 Å². The highest BCUT2D eigenvalue weighted by Gasteiger charge is 2.29. The first kappa shape index (κ1) is 29.0. The summed E-state index contributed by atoms with van der Waals surface area (Å²) < 4.78 is 16.3. The highest BCUT2D eigenvalue weighted by atomic mass is 16.5. The number of amides is 1.